The highest BCUT2D eigenvalue weighted by Gasteiger charge is 2.11. The summed E-state index contributed by atoms with van der Waals surface area (Å²) >= 11 is 0. The summed E-state index contributed by atoms with van der Waals surface area (Å²) < 4.78 is 0. The topological polar surface area (TPSA) is 29.3 Å². The van der Waals surface area contributed by atoms with Crippen LogP contribution in [-0.4, -0.2) is 0 Å². The highest BCUT2D eigenvalue weighted by atomic mass is 15.1. The Morgan fingerprint density at radius 1 is 0.500 bits per heavy atom. The minimum atomic E-state index is 0.874. The molecule has 0 aliphatic carbocycles. The SMILES string of the molecule is C=C/C=C\c1ccc(\C=C/C=C\C=C/N(c2ccc(CC)c(CC)c2)c2ccc(CC)c(CC)c2)c(/C=C(CC)\C(=C/C=C)CC)c1.CCc1ccc(N)cc1CC. The normalized spacial score (nSPS) is 12.1. The van der Waals surface area contributed by atoms with E-state index in [2.05, 4.69) is 195 Å². The molecule has 58 heavy (non-hydrogen) atoms. The number of aryl methyl sites for hydroxylation is 6. The van der Waals surface area contributed by atoms with E-state index in [0.29, 0.717) is 0 Å². The Morgan fingerprint density at radius 2 is 1.03 bits per heavy atom. The maximum atomic E-state index is 5.66. The van der Waals surface area contributed by atoms with E-state index >= 15 is 0 Å². The van der Waals surface area contributed by atoms with Crippen molar-refractivity contribution in [3.63, 3.8) is 0 Å². The van der Waals surface area contributed by atoms with Gasteiger partial charge < -0.3 is 10.6 Å². The fourth-order valence-corrected chi connectivity index (χ4v) is 7.29. The minimum Gasteiger partial charge on any atom is -0.399 e. The predicted octanol–water partition coefficient (Wildman–Crippen LogP) is 15.8. The first kappa shape index (κ1) is 46.8. The number of rotatable bonds is 19. The zero-order valence-electron chi connectivity index (χ0n) is 37.0. The van der Waals surface area contributed by atoms with Crippen molar-refractivity contribution in [1.29, 1.82) is 0 Å². The summed E-state index contributed by atoms with van der Waals surface area (Å²) in [6.45, 7) is 25.5. The quantitative estimate of drug-likeness (QED) is 0.0760. The monoisotopic (exact) mass is 771 g/mol. The molecule has 4 aromatic rings. The van der Waals surface area contributed by atoms with Gasteiger partial charge in [-0.15, -0.1) is 0 Å². The van der Waals surface area contributed by atoms with Crippen LogP contribution in [0.5, 0.6) is 0 Å². The van der Waals surface area contributed by atoms with Gasteiger partial charge in [0.1, 0.15) is 0 Å². The van der Waals surface area contributed by atoms with Gasteiger partial charge in [-0.1, -0.05) is 160 Å². The molecule has 0 unspecified atom stereocenters. The first-order valence-electron chi connectivity index (χ1n) is 21.6. The third kappa shape index (κ3) is 13.8. The molecule has 4 rings (SSSR count). The van der Waals surface area contributed by atoms with Crippen molar-refractivity contribution in [3.05, 3.63) is 202 Å². The van der Waals surface area contributed by atoms with Crippen molar-refractivity contribution >= 4 is 35.3 Å². The highest BCUT2D eigenvalue weighted by Crippen LogP contribution is 2.31. The third-order valence-corrected chi connectivity index (χ3v) is 10.7. The Hall–Kier alpha value is -5.60. The molecule has 2 heteroatoms. The van der Waals surface area contributed by atoms with Gasteiger partial charge in [0.05, 0.1) is 0 Å². The lowest BCUT2D eigenvalue weighted by molar-refractivity contribution is 1.03. The van der Waals surface area contributed by atoms with Crippen molar-refractivity contribution in [2.75, 3.05) is 10.6 Å². The van der Waals surface area contributed by atoms with E-state index in [0.717, 1.165) is 62.6 Å². The molecule has 304 valence electrons. The number of nitrogens with zero attached hydrogens (tertiary/aromatic N) is 1. The van der Waals surface area contributed by atoms with Crippen molar-refractivity contribution in [2.24, 2.45) is 0 Å². The predicted molar refractivity (Wildman–Crippen MR) is 262 cm³/mol. The Bertz CT molecular complexity index is 2060. The number of anilines is 3. The third-order valence-electron chi connectivity index (χ3n) is 10.7. The van der Waals surface area contributed by atoms with Gasteiger partial charge in [0.15, 0.2) is 0 Å². The second kappa shape index (κ2) is 25.6. The lowest BCUT2D eigenvalue weighted by atomic mass is 9.95. The van der Waals surface area contributed by atoms with Gasteiger partial charge in [0, 0.05) is 23.3 Å². The van der Waals surface area contributed by atoms with Gasteiger partial charge in [-0.25, -0.2) is 0 Å². The molecule has 0 fully saturated rings. The Balaban J connectivity index is 0.000000703. The van der Waals surface area contributed by atoms with Gasteiger partial charge in [-0.2, -0.15) is 0 Å². The van der Waals surface area contributed by atoms with E-state index in [1.54, 1.807) is 0 Å². The molecule has 0 aromatic heterocycles. The first-order valence-corrected chi connectivity index (χ1v) is 21.6. The number of hydrogen-bond donors (Lipinski definition) is 1. The Labute approximate surface area is 353 Å². The molecule has 2 N–H and O–H groups in total. The van der Waals surface area contributed by atoms with E-state index < -0.39 is 0 Å². The summed E-state index contributed by atoms with van der Waals surface area (Å²) in [5, 5.41) is 0. The van der Waals surface area contributed by atoms with Crippen LogP contribution in [0.15, 0.2) is 152 Å². The summed E-state index contributed by atoms with van der Waals surface area (Å²) in [6, 6.07) is 26.6. The molecule has 0 amide bonds. The number of benzene rings is 4. The lowest BCUT2D eigenvalue weighted by Gasteiger charge is -2.24. The van der Waals surface area contributed by atoms with E-state index in [1.165, 1.54) is 67.0 Å². The molecule has 0 radical (unpaired) electrons. The fourth-order valence-electron chi connectivity index (χ4n) is 7.29. The molecule has 0 saturated carbocycles. The molecule has 0 saturated heterocycles. The minimum absolute atomic E-state index is 0.874. The molecule has 0 atom stereocenters. The Kier molecular flexibility index (Phi) is 20.7. The van der Waals surface area contributed by atoms with Crippen LogP contribution in [0, 0.1) is 0 Å². The molecule has 0 heterocycles. The summed E-state index contributed by atoms with van der Waals surface area (Å²) in [5.41, 5.74) is 23.6. The van der Waals surface area contributed by atoms with Crippen LogP contribution in [0.1, 0.15) is 118 Å². The van der Waals surface area contributed by atoms with Crippen LogP contribution >= 0.6 is 0 Å². The zero-order valence-corrected chi connectivity index (χ0v) is 37.0. The second-order valence-corrected chi connectivity index (χ2v) is 14.3. The van der Waals surface area contributed by atoms with Gasteiger partial charge in [-0.3, -0.25) is 0 Å². The fraction of sp³-hybridized carbons (Fsp3) is 0.286. The largest absolute Gasteiger partial charge is 0.399 e. The molecule has 0 aliphatic rings. The highest BCUT2D eigenvalue weighted by molar-refractivity contribution is 5.72. The summed E-state index contributed by atoms with van der Waals surface area (Å²) in [6.07, 6.45) is 33.4. The second-order valence-electron chi connectivity index (χ2n) is 14.3. The first-order chi connectivity index (χ1) is 28.2. The van der Waals surface area contributed by atoms with Crippen LogP contribution in [0.3, 0.4) is 0 Å². The summed E-state index contributed by atoms with van der Waals surface area (Å²) in [5.74, 6) is 0. The molecule has 2 nitrogen and oxygen atoms in total. The molecule has 0 spiro atoms. The van der Waals surface area contributed by atoms with Crippen LogP contribution in [0.2, 0.25) is 0 Å². The van der Waals surface area contributed by atoms with Crippen LogP contribution in [0.25, 0.3) is 18.2 Å². The molecular formula is C56H70N2. The van der Waals surface area contributed by atoms with Crippen LogP contribution in [-0.2, 0) is 38.5 Å². The molecule has 0 bridgehead atoms. The van der Waals surface area contributed by atoms with Gasteiger partial charge in [0.25, 0.3) is 0 Å². The van der Waals surface area contributed by atoms with Gasteiger partial charge >= 0.3 is 0 Å². The number of nitrogen functional groups attached to an aromatic ring is 1. The molecule has 4 aromatic carbocycles. The van der Waals surface area contributed by atoms with Crippen molar-refractivity contribution < 1.29 is 0 Å². The standard InChI is InChI=1S/C46H55N.C10H15N/c1-9-17-23-36-25-26-43(44(32-36)33-40(14-6)37(11-3)22-10-2)24-20-18-19-21-31-47(45-29-27-38(12-4)41(15-7)34-45)46-30-28-39(13-5)42(16-8)35-46;1-3-8-5-6-10(11)7-9(8)4-2/h9-10,17-35H,1-2,11-16H2,3-8H3;5-7H,3-4,11H2,1-2H3/b19-18-,23-17-,24-20-,31-21-,37-22-,40-33-;. The van der Waals surface area contributed by atoms with Crippen LogP contribution < -0.4 is 10.6 Å². The lowest BCUT2D eigenvalue weighted by Crippen LogP contribution is -2.10. The maximum Gasteiger partial charge on any atom is 0.0458 e. The smallest absolute Gasteiger partial charge is 0.0458 e. The van der Waals surface area contributed by atoms with E-state index in [9.17, 15) is 0 Å². The number of allylic oxidation sites excluding steroid dienone is 10. The number of hydrogen-bond acceptors (Lipinski definition) is 2. The average molecular weight is 771 g/mol. The Morgan fingerprint density at radius 3 is 1.55 bits per heavy atom. The van der Waals surface area contributed by atoms with E-state index in [4.69, 9.17) is 5.73 Å². The number of nitrogens with two attached hydrogens (primary N) is 1. The zero-order chi connectivity index (χ0) is 42.3. The van der Waals surface area contributed by atoms with Crippen molar-refractivity contribution in [2.45, 2.75) is 107 Å². The summed E-state index contributed by atoms with van der Waals surface area (Å²) in [4.78, 5) is 2.32. The van der Waals surface area contributed by atoms with Gasteiger partial charge in [0.2, 0.25) is 0 Å². The molecular weight excluding hydrogens is 701 g/mol. The van der Waals surface area contributed by atoms with E-state index in [1.807, 2.05) is 24.3 Å². The summed E-state index contributed by atoms with van der Waals surface area (Å²) in [7, 11) is 0. The average Bonchev–Trinajstić information content (AvgIpc) is 3.26. The van der Waals surface area contributed by atoms with Gasteiger partial charge in [-0.05, 0) is 161 Å². The molecule has 0 aliphatic heterocycles. The van der Waals surface area contributed by atoms with Crippen molar-refractivity contribution in [1.82, 2.24) is 0 Å². The van der Waals surface area contributed by atoms with Crippen molar-refractivity contribution in [3.8, 4) is 0 Å². The van der Waals surface area contributed by atoms with Crippen LogP contribution in [0.4, 0.5) is 17.1 Å². The van der Waals surface area contributed by atoms with E-state index in [-0.39, 0.29) is 0 Å². The maximum absolute atomic E-state index is 5.66.